The van der Waals surface area contributed by atoms with Gasteiger partial charge in [0.1, 0.15) is 6.26 Å². The van der Waals surface area contributed by atoms with E-state index >= 15 is 0 Å². The molecule has 1 aromatic rings. The molecule has 0 amide bonds. The average Bonchev–Trinajstić information content (AvgIpc) is 2.34. The molecule has 0 aliphatic heterocycles. The molecule has 72 valence electrons. The summed E-state index contributed by atoms with van der Waals surface area (Å²) >= 11 is 0. The third-order valence-corrected chi connectivity index (χ3v) is 2.16. The van der Waals surface area contributed by atoms with Crippen LogP contribution in [0.5, 0.6) is 0 Å². The molecule has 2 N–H and O–H groups in total. The molecule has 0 saturated carbocycles. The van der Waals surface area contributed by atoms with Crippen molar-refractivity contribution in [2.75, 3.05) is 10.5 Å². The summed E-state index contributed by atoms with van der Waals surface area (Å²) in [4.78, 5) is 10.1. The first-order valence-electron chi connectivity index (χ1n) is 3.12. The molecule has 1 heterocycles. The van der Waals surface area contributed by atoms with E-state index in [1.54, 1.807) is 0 Å². The fraction of sp³-hybridized carbons (Fsp3) is 0.200. The Bertz CT molecular complexity index is 381. The van der Waals surface area contributed by atoms with Crippen LogP contribution in [0.2, 0.25) is 0 Å². The van der Waals surface area contributed by atoms with Gasteiger partial charge in [-0.2, -0.15) is 0 Å². The molecule has 13 heavy (non-hydrogen) atoms. The van der Waals surface area contributed by atoms with Gasteiger partial charge in [0, 0.05) is 6.07 Å². The zero-order valence-electron chi connectivity index (χ0n) is 6.30. The topological polar surface area (TPSA) is 110 Å². The third-order valence-electron chi connectivity index (χ3n) is 1.01. The molecule has 1 rings (SSSR count). The Hall–Kier alpha value is -1.57. The van der Waals surface area contributed by atoms with E-state index in [0.717, 1.165) is 0 Å². The van der Waals surface area contributed by atoms with E-state index in [1.165, 1.54) is 12.3 Å². The number of nitrogens with one attached hydrogen (secondary N) is 1. The average molecular weight is 206 g/mol. The Morgan fingerprint density at radius 2 is 2.38 bits per heavy atom. The van der Waals surface area contributed by atoms with Crippen LogP contribution >= 0.6 is 0 Å². The van der Waals surface area contributed by atoms with Crippen molar-refractivity contribution < 1.29 is 22.8 Å². The fourth-order valence-electron chi connectivity index (χ4n) is 0.623. The van der Waals surface area contributed by atoms with E-state index in [9.17, 15) is 13.2 Å². The second kappa shape index (κ2) is 3.44. The lowest BCUT2D eigenvalue weighted by Gasteiger charge is -1.99. The molecule has 1 aromatic heterocycles. The highest BCUT2D eigenvalue weighted by atomic mass is 32.2. The summed E-state index contributed by atoms with van der Waals surface area (Å²) in [5.41, 5.74) is 0. The summed E-state index contributed by atoms with van der Waals surface area (Å²) in [7, 11) is -3.88. The highest BCUT2D eigenvalue weighted by Crippen LogP contribution is 2.04. The Labute approximate surface area is 73.4 Å². The number of hydrogen-bond donors (Lipinski definition) is 2. The Kier molecular flexibility index (Phi) is 2.52. The van der Waals surface area contributed by atoms with Crippen molar-refractivity contribution in [1.29, 1.82) is 0 Å². The molecule has 0 aliphatic rings. The van der Waals surface area contributed by atoms with Crippen molar-refractivity contribution in [3.05, 3.63) is 12.3 Å². The van der Waals surface area contributed by atoms with Gasteiger partial charge in [0.05, 0.1) is 0 Å². The molecule has 0 aromatic carbocycles. The number of carbonyl (C=O) groups is 1. The monoisotopic (exact) mass is 206 g/mol. The minimum atomic E-state index is -3.88. The molecule has 0 fully saturated rings. The van der Waals surface area contributed by atoms with Gasteiger partial charge in [0.2, 0.25) is 10.0 Å². The molecule has 8 heteroatoms. The molecular formula is C5H6N2O5S. The van der Waals surface area contributed by atoms with E-state index in [2.05, 4.69) is 9.68 Å². The highest BCUT2D eigenvalue weighted by molar-refractivity contribution is 7.93. The van der Waals surface area contributed by atoms with Gasteiger partial charge in [-0.25, -0.2) is 8.42 Å². The first kappa shape index (κ1) is 9.52. The lowest BCUT2D eigenvalue weighted by Crippen LogP contribution is -2.22. The molecule has 0 aliphatic carbocycles. The molecule has 0 atom stereocenters. The molecule has 0 spiro atoms. The predicted octanol–water partition coefficient (Wildman–Crippen LogP) is -0.499. The second-order valence-corrected chi connectivity index (χ2v) is 3.86. The smallest absolute Gasteiger partial charge is 0.320 e. The van der Waals surface area contributed by atoms with Gasteiger partial charge >= 0.3 is 5.97 Å². The molecular weight excluding hydrogens is 200 g/mol. The molecule has 0 unspecified atom stereocenters. The van der Waals surface area contributed by atoms with Gasteiger partial charge in [-0.05, 0) is 0 Å². The van der Waals surface area contributed by atoms with Gasteiger partial charge in [-0.1, -0.05) is 5.16 Å². The first-order chi connectivity index (χ1) is 5.99. The molecule has 0 bridgehead atoms. The summed E-state index contributed by atoms with van der Waals surface area (Å²) in [6.45, 7) is 0. The summed E-state index contributed by atoms with van der Waals surface area (Å²) < 4.78 is 28.1. The summed E-state index contributed by atoms with van der Waals surface area (Å²) in [5, 5.41) is 11.5. The fourth-order valence-corrected chi connectivity index (χ4v) is 1.44. The summed E-state index contributed by atoms with van der Waals surface area (Å²) in [5.74, 6) is -2.47. The first-order valence-corrected chi connectivity index (χ1v) is 4.77. The van der Waals surface area contributed by atoms with Crippen molar-refractivity contribution in [2.45, 2.75) is 0 Å². The highest BCUT2D eigenvalue weighted by Gasteiger charge is 2.16. The van der Waals surface area contributed by atoms with Crippen molar-refractivity contribution in [1.82, 2.24) is 5.16 Å². The van der Waals surface area contributed by atoms with E-state index in [1.807, 2.05) is 4.72 Å². The van der Waals surface area contributed by atoms with E-state index in [-0.39, 0.29) is 5.82 Å². The van der Waals surface area contributed by atoms with Crippen LogP contribution in [-0.2, 0) is 14.8 Å². The lowest BCUT2D eigenvalue weighted by atomic mass is 10.7. The van der Waals surface area contributed by atoms with Crippen molar-refractivity contribution in [3.8, 4) is 0 Å². The normalized spacial score (nSPS) is 11.1. The van der Waals surface area contributed by atoms with Crippen LogP contribution in [0.3, 0.4) is 0 Å². The van der Waals surface area contributed by atoms with Crippen LogP contribution in [0, 0.1) is 0 Å². The maximum absolute atomic E-state index is 10.9. The largest absolute Gasteiger partial charge is 0.480 e. The Morgan fingerprint density at radius 1 is 1.69 bits per heavy atom. The number of hydrogen-bond acceptors (Lipinski definition) is 5. The standard InChI is InChI=1S/C5H6N2O5S/c8-5(9)3-13(10,11)7-4-1-2-12-6-4/h1-2H,3H2,(H,6,7)(H,8,9). The number of sulfonamides is 1. The predicted molar refractivity (Wildman–Crippen MR) is 41.5 cm³/mol. The number of rotatable bonds is 4. The molecule has 0 radical (unpaired) electrons. The Morgan fingerprint density at radius 3 is 2.85 bits per heavy atom. The number of aliphatic carboxylic acids is 1. The van der Waals surface area contributed by atoms with Crippen molar-refractivity contribution >= 4 is 21.8 Å². The van der Waals surface area contributed by atoms with Crippen LogP contribution in [0.1, 0.15) is 0 Å². The zero-order valence-corrected chi connectivity index (χ0v) is 7.11. The number of carboxylic acids is 1. The third kappa shape index (κ3) is 3.11. The quantitative estimate of drug-likeness (QED) is 0.687. The lowest BCUT2D eigenvalue weighted by molar-refractivity contribution is -0.134. The van der Waals surface area contributed by atoms with E-state index in [0.29, 0.717) is 0 Å². The van der Waals surface area contributed by atoms with E-state index in [4.69, 9.17) is 5.11 Å². The maximum atomic E-state index is 10.9. The molecule has 7 nitrogen and oxygen atoms in total. The van der Waals surface area contributed by atoms with Crippen molar-refractivity contribution in [2.24, 2.45) is 0 Å². The zero-order chi connectivity index (χ0) is 9.90. The number of anilines is 1. The summed E-state index contributed by atoms with van der Waals surface area (Å²) in [6, 6.07) is 1.26. The van der Waals surface area contributed by atoms with Crippen molar-refractivity contribution in [3.63, 3.8) is 0 Å². The van der Waals surface area contributed by atoms with Gasteiger partial charge in [-0.3, -0.25) is 9.52 Å². The van der Waals surface area contributed by atoms with Crippen LogP contribution in [0.25, 0.3) is 0 Å². The van der Waals surface area contributed by atoms with Crippen LogP contribution in [-0.4, -0.2) is 30.4 Å². The van der Waals surface area contributed by atoms with Gasteiger partial charge in [-0.15, -0.1) is 0 Å². The second-order valence-electron chi connectivity index (χ2n) is 2.14. The SMILES string of the molecule is O=C(O)CS(=O)(=O)Nc1ccon1. The Balaban J connectivity index is 2.68. The van der Waals surface area contributed by atoms with E-state index < -0.39 is 21.7 Å². The number of carboxylic acid groups (broad SMARTS) is 1. The number of nitrogens with zero attached hydrogens (tertiary/aromatic N) is 1. The number of aromatic nitrogens is 1. The molecule has 0 saturated heterocycles. The van der Waals surface area contributed by atoms with Crippen LogP contribution in [0.4, 0.5) is 5.82 Å². The van der Waals surface area contributed by atoms with Gasteiger partial charge in [0.25, 0.3) is 0 Å². The van der Waals surface area contributed by atoms with Crippen LogP contribution in [0.15, 0.2) is 16.9 Å². The minimum absolute atomic E-state index is 0.0405. The van der Waals surface area contributed by atoms with Gasteiger partial charge < -0.3 is 9.63 Å². The summed E-state index contributed by atoms with van der Waals surface area (Å²) in [6.07, 6.45) is 1.17. The van der Waals surface area contributed by atoms with Gasteiger partial charge in [0.15, 0.2) is 11.6 Å². The maximum Gasteiger partial charge on any atom is 0.320 e. The van der Waals surface area contributed by atoms with Crippen LogP contribution < -0.4 is 4.72 Å². The minimum Gasteiger partial charge on any atom is -0.480 e.